The maximum atomic E-state index is 13.7. The van der Waals surface area contributed by atoms with Gasteiger partial charge in [-0.05, 0) is 84.0 Å². The lowest BCUT2D eigenvalue weighted by atomic mass is 9.87. The second-order valence-electron chi connectivity index (χ2n) is 9.76. The van der Waals surface area contributed by atoms with Crippen LogP contribution in [0.3, 0.4) is 0 Å². The standard InChI is InChI=1S/C30H32F2N2O3/c1-4-27(30(36)33-24-12-10-23(32)11-13-24)37-25-14-7-20-15-16-34(28(35)17-19(2)3)29(26(20)18-25)21-5-8-22(31)9-6-21/h5-14,18-19,27,29H,4,15-17H2,1-3H3,(H,33,36). The van der Waals surface area contributed by atoms with Crippen molar-refractivity contribution in [3.8, 4) is 5.75 Å². The third kappa shape index (κ3) is 6.34. The van der Waals surface area contributed by atoms with Gasteiger partial charge < -0.3 is 15.0 Å². The van der Waals surface area contributed by atoms with E-state index in [1.54, 1.807) is 12.1 Å². The molecule has 5 nitrogen and oxygen atoms in total. The van der Waals surface area contributed by atoms with E-state index in [0.717, 1.165) is 16.7 Å². The second-order valence-corrected chi connectivity index (χ2v) is 9.76. The fraction of sp³-hybridized carbons (Fsp3) is 0.333. The number of hydrogen-bond donors (Lipinski definition) is 1. The lowest BCUT2D eigenvalue weighted by Crippen LogP contribution is -2.41. The zero-order chi connectivity index (χ0) is 26.5. The summed E-state index contributed by atoms with van der Waals surface area (Å²) in [6.45, 7) is 6.44. The van der Waals surface area contributed by atoms with Crippen LogP contribution in [0.1, 0.15) is 56.3 Å². The number of rotatable bonds is 8. The van der Waals surface area contributed by atoms with Crippen LogP contribution in [0.5, 0.6) is 5.75 Å². The number of carbonyl (C=O) groups excluding carboxylic acids is 2. The van der Waals surface area contributed by atoms with Gasteiger partial charge in [-0.2, -0.15) is 0 Å². The molecule has 0 bridgehead atoms. The highest BCUT2D eigenvalue weighted by atomic mass is 19.1. The summed E-state index contributed by atoms with van der Waals surface area (Å²) in [5.74, 6) is -0.295. The van der Waals surface area contributed by atoms with Crippen LogP contribution in [0.25, 0.3) is 0 Å². The Labute approximate surface area is 216 Å². The normalized spacial score (nSPS) is 15.7. The number of ether oxygens (including phenoxy) is 1. The van der Waals surface area contributed by atoms with Gasteiger partial charge in [0.15, 0.2) is 6.10 Å². The monoisotopic (exact) mass is 506 g/mol. The highest BCUT2D eigenvalue weighted by Crippen LogP contribution is 2.38. The topological polar surface area (TPSA) is 58.6 Å². The van der Waals surface area contributed by atoms with Crippen molar-refractivity contribution in [3.05, 3.63) is 95.1 Å². The molecule has 1 heterocycles. The molecule has 0 saturated heterocycles. The number of benzene rings is 3. The van der Waals surface area contributed by atoms with Crippen molar-refractivity contribution in [2.75, 3.05) is 11.9 Å². The van der Waals surface area contributed by atoms with E-state index in [1.807, 2.05) is 43.9 Å². The summed E-state index contributed by atoms with van der Waals surface area (Å²) < 4.78 is 33.0. The Balaban J connectivity index is 1.62. The second kappa shape index (κ2) is 11.5. The van der Waals surface area contributed by atoms with Crippen LogP contribution in [-0.2, 0) is 16.0 Å². The number of nitrogens with one attached hydrogen (secondary N) is 1. The Bertz CT molecular complexity index is 1240. The molecule has 4 rings (SSSR count). The molecule has 7 heteroatoms. The summed E-state index contributed by atoms with van der Waals surface area (Å²) in [7, 11) is 0. The number of fused-ring (bicyclic) bond motifs is 1. The van der Waals surface area contributed by atoms with Crippen LogP contribution in [-0.4, -0.2) is 29.4 Å². The lowest BCUT2D eigenvalue weighted by molar-refractivity contribution is -0.134. The third-order valence-corrected chi connectivity index (χ3v) is 6.49. The van der Waals surface area contributed by atoms with Crippen molar-refractivity contribution >= 4 is 17.5 Å². The summed E-state index contributed by atoms with van der Waals surface area (Å²) in [6, 6.07) is 17.1. The van der Waals surface area contributed by atoms with Crippen LogP contribution < -0.4 is 10.1 Å². The summed E-state index contributed by atoms with van der Waals surface area (Å²) >= 11 is 0. The van der Waals surface area contributed by atoms with E-state index in [-0.39, 0.29) is 35.4 Å². The van der Waals surface area contributed by atoms with Gasteiger partial charge in [-0.15, -0.1) is 0 Å². The highest BCUT2D eigenvalue weighted by molar-refractivity contribution is 5.94. The molecular weight excluding hydrogens is 474 g/mol. The molecule has 0 radical (unpaired) electrons. The Hall–Kier alpha value is -3.74. The molecule has 0 saturated carbocycles. The van der Waals surface area contributed by atoms with Gasteiger partial charge in [0.1, 0.15) is 17.4 Å². The van der Waals surface area contributed by atoms with Gasteiger partial charge in [0.05, 0.1) is 6.04 Å². The molecule has 0 aromatic heterocycles. The number of hydrogen-bond acceptors (Lipinski definition) is 3. The first kappa shape index (κ1) is 26.3. The average molecular weight is 507 g/mol. The highest BCUT2D eigenvalue weighted by Gasteiger charge is 2.33. The number of carbonyl (C=O) groups is 2. The van der Waals surface area contributed by atoms with Gasteiger partial charge in [-0.1, -0.05) is 39.0 Å². The maximum absolute atomic E-state index is 13.7. The van der Waals surface area contributed by atoms with Crippen molar-refractivity contribution in [2.24, 2.45) is 5.92 Å². The SMILES string of the molecule is CCC(Oc1ccc2c(c1)C(c1ccc(F)cc1)N(C(=O)CC(C)C)CC2)C(=O)Nc1ccc(F)cc1. The van der Waals surface area contributed by atoms with E-state index in [1.165, 1.54) is 36.4 Å². The zero-order valence-electron chi connectivity index (χ0n) is 21.3. The Kier molecular flexibility index (Phi) is 8.21. The molecule has 2 unspecified atom stereocenters. The fourth-order valence-electron chi connectivity index (χ4n) is 4.65. The molecule has 1 aliphatic rings. The summed E-state index contributed by atoms with van der Waals surface area (Å²) in [5.41, 5.74) is 3.28. The average Bonchev–Trinajstić information content (AvgIpc) is 2.88. The van der Waals surface area contributed by atoms with E-state index >= 15 is 0 Å². The van der Waals surface area contributed by atoms with E-state index in [9.17, 15) is 18.4 Å². The van der Waals surface area contributed by atoms with Gasteiger partial charge >= 0.3 is 0 Å². The summed E-state index contributed by atoms with van der Waals surface area (Å²) in [4.78, 5) is 27.9. The Morgan fingerprint density at radius 3 is 2.27 bits per heavy atom. The molecule has 37 heavy (non-hydrogen) atoms. The van der Waals surface area contributed by atoms with E-state index in [4.69, 9.17) is 4.74 Å². The largest absolute Gasteiger partial charge is 0.481 e. The first-order valence-electron chi connectivity index (χ1n) is 12.7. The van der Waals surface area contributed by atoms with Crippen molar-refractivity contribution in [1.82, 2.24) is 4.90 Å². The molecule has 1 N–H and O–H groups in total. The summed E-state index contributed by atoms with van der Waals surface area (Å²) in [6.07, 6.45) is 0.767. The van der Waals surface area contributed by atoms with Gasteiger partial charge in [0.25, 0.3) is 5.91 Å². The number of amides is 2. The third-order valence-electron chi connectivity index (χ3n) is 6.49. The van der Waals surface area contributed by atoms with Gasteiger partial charge in [0.2, 0.25) is 5.91 Å². The van der Waals surface area contributed by atoms with Gasteiger partial charge in [-0.3, -0.25) is 9.59 Å². The maximum Gasteiger partial charge on any atom is 0.265 e. The van der Waals surface area contributed by atoms with Crippen LogP contribution in [0, 0.1) is 17.6 Å². The first-order valence-corrected chi connectivity index (χ1v) is 12.7. The molecule has 0 aliphatic carbocycles. The molecule has 3 aromatic rings. The Morgan fingerprint density at radius 1 is 1.00 bits per heavy atom. The molecule has 2 atom stereocenters. The minimum atomic E-state index is -0.769. The molecule has 2 amide bonds. The van der Waals surface area contributed by atoms with Crippen LogP contribution >= 0.6 is 0 Å². The predicted molar refractivity (Wildman–Crippen MR) is 139 cm³/mol. The number of anilines is 1. The smallest absolute Gasteiger partial charge is 0.265 e. The van der Waals surface area contributed by atoms with Crippen LogP contribution in [0.15, 0.2) is 66.7 Å². The molecule has 0 spiro atoms. The molecule has 194 valence electrons. The Morgan fingerprint density at radius 2 is 1.65 bits per heavy atom. The van der Waals surface area contributed by atoms with Crippen molar-refractivity contribution in [2.45, 2.75) is 52.2 Å². The van der Waals surface area contributed by atoms with Gasteiger partial charge in [-0.25, -0.2) is 8.78 Å². The van der Waals surface area contributed by atoms with E-state index < -0.39 is 6.10 Å². The zero-order valence-corrected chi connectivity index (χ0v) is 21.3. The fourth-order valence-corrected chi connectivity index (χ4v) is 4.65. The summed E-state index contributed by atoms with van der Waals surface area (Å²) in [5, 5.41) is 2.76. The van der Waals surface area contributed by atoms with E-state index in [0.29, 0.717) is 37.2 Å². The van der Waals surface area contributed by atoms with Crippen molar-refractivity contribution in [1.29, 1.82) is 0 Å². The van der Waals surface area contributed by atoms with Crippen molar-refractivity contribution < 1.29 is 23.1 Å². The van der Waals surface area contributed by atoms with Crippen LogP contribution in [0.2, 0.25) is 0 Å². The first-order chi connectivity index (χ1) is 17.7. The lowest BCUT2D eigenvalue weighted by Gasteiger charge is -2.38. The molecule has 0 fully saturated rings. The molecule has 1 aliphatic heterocycles. The number of nitrogens with zero attached hydrogens (tertiary/aromatic N) is 1. The minimum Gasteiger partial charge on any atom is -0.481 e. The van der Waals surface area contributed by atoms with Crippen LogP contribution in [0.4, 0.5) is 14.5 Å². The predicted octanol–water partition coefficient (Wildman–Crippen LogP) is 6.28. The quantitative estimate of drug-likeness (QED) is 0.391. The van der Waals surface area contributed by atoms with Gasteiger partial charge in [0, 0.05) is 18.7 Å². The number of halogens is 2. The minimum absolute atomic E-state index is 0.0476. The molecule has 3 aromatic carbocycles. The molecular formula is C30H32F2N2O3. The van der Waals surface area contributed by atoms with E-state index in [2.05, 4.69) is 5.32 Å². The van der Waals surface area contributed by atoms with Crippen molar-refractivity contribution in [3.63, 3.8) is 0 Å².